The molecule has 0 saturated heterocycles. The van der Waals surface area contributed by atoms with Gasteiger partial charge in [0.05, 0.1) is 6.04 Å². The van der Waals surface area contributed by atoms with Crippen molar-refractivity contribution in [3.8, 4) is 0 Å². The maximum absolute atomic E-state index is 12.3. The molecule has 1 aromatic carbocycles. The number of aromatic nitrogens is 1. The highest BCUT2D eigenvalue weighted by Gasteiger charge is 2.20. The Labute approximate surface area is 120 Å². The maximum atomic E-state index is 12.3. The molecular formula is C16H23N3O. The molecule has 0 radical (unpaired) electrons. The van der Waals surface area contributed by atoms with E-state index in [9.17, 15) is 4.79 Å². The normalized spacial score (nSPS) is 12.6. The van der Waals surface area contributed by atoms with Gasteiger partial charge in [-0.25, -0.2) is 0 Å². The number of H-pyrrole nitrogens is 1. The van der Waals surface area contributed by atoms with Gasteiger partial charge < -0.3 is 15.6 Å². The molecule has 20 heavy (non-hydrogen) atoms. The van der Waals surface area contributed by atoms with Crippen LogP contribution in [0.2, 0.25) is 0 Å². The van der Waals surface area contributed by atoms with Gasteiger partial charge in [0, 0.05) is 30.2 Å². The fraction of sp³-hybridized carbons (Fsp3) is 0.438. The predicted octanol–water partition coefficient (Wildman–Crippen LogP) is 2.30. The Bertz CT molecular complexity index is 576. The summed E-state index contributed by atoms with van der Waals surface area (Å²) in [4.78, 5) is 17.4. The topological polar surface area (TPSA) is 62.1 Å². The monoisotopic (exact) mass is 273 g/mol. The lowest BCUT2D eigenvalue weighted by Crippen LogP contribution is -2.45. The Balaban J connectivity index is 2.11. The number of rotatable bonds is 6. The summed E-state index contributed by atoms with van der Waals surface area (Å²) >= 11 is 0. The van der Waals surface area contributed by atoms with Crippen LogP contribution in [0.3, 0.4) is 0 Å². The Morgan fingerprint density at radius 1 is 1.35 bits per heavy atom. The second kappa shape index (κ2) is 6.57. The number of amides is 1. The molecule has 0 aliphatic heterocycles. The van der Waals surface area contributed by atoms with Gasteiger partial charge in [-0.15, -0.1) is 0 Å². The smallest absolute Gasteiger partial charge is 0.239 e. The van der Waals surface area contributed by atoms with E-state index in [4.69, 9.17) is 5.73 Å². The molecule has 0 aliphatic carbocycles. The number of benzene rings is 1. The van der Waals surface area contributed by atoms with E-state index in [1.807, 2.05) is 36.2 Å². The van der Waals surface area contributed by atoms with Crippen LogP contribution in [0.5, 0.6) is 0 Å². The van der Waals surface area contributed by atoms with Crippen molar-refractivity contribution in [2.45, 2.75) is 32.7 Å². The molecular weight excluding hydrogens is 250 g/mol. The number of hydrogen-bond acceptors (Lipinski definition) is 2. The van der Waals surface area contributed by atoms with Crippen molar-refractivity contribution in [1.29, 1.82) is 0 Å². The third kappa shape index (κ3) is 3.02. The minimum atomic E-state index is -0.472. The van der Waals surface area contributed by atoms with Crippen LogP contribution in [-0.4, -0.2) is 34.9 Å². The quantitative estimate of drug-likeness (QED) is 0.848. The summed E-state index contributed by atoms with van der Waals surface area (Å²) in [5.74, 6) is 0.0413. The molecule has 1 aromatic heterocycles. The first-order chi connectivity index (χ1) is 9.67. The third-order valence-electron chi connectivity index (χ3n) is 3.62. The van der Waals surface area contributed by atoms with Crippen molar-refractivity contribution in [2.24, 2.45) is 5.73 Å². The number of fused-ring (bicyclic) bond motifs is 1. The molecule has 4 heteroatoms. The summed E-state index contributed by atoms with van der Waals surface area (Å²) in [6.45, 7) is 5.55. The number of carbonyl (C=O) groups is 1. The summed E-state index contributed by atoms with van der Waals surface area (Å²) in [7, 11) is 0. The van der Waals surface area contributed by atoms with E-state index in [1.165, 1.54) is 0 Å². The Kier molecular flexibility index (Phi) is 4.79. The highest BCUT2D eigenvalue weighted by molar-refractivity contribution is 5.86. The predicted molar refractivity (Wildman–Crippen MR) is 82.5 cm³/mol. The largest absolute Gasteiger partial charge is 0.361 e. The highest BCUT2D eigenvalue weighted by atomic mass is 16.2. The molecule has 2 aromatic rings. The van der Waals surface area contributed by atoms with Crippen LogP contribution in [0, 0.1) is 0 Å². The third-order valence-corrected chi connectivity index (χ3v) is 3.62. The van der Waals surface area contributed by atoms with Gasteiger partial charge in [0.2, 0.25) is 5.91 Å². The second-order valence-electron chi connectivity index (χ2n) is 5.09. The van der Waals surface area contributed by atoms with E-state index in [2.05, 4.69) is 18.0 Å². The molecule has 0 unspecified atom stereocenters. The molecule has 1 atom stereocenters. The van der Waals surface area contributed by atoms with Crippen molar-refractivity contribution in [1.82, 2.24) is 9.88 Å². The second-order valence-corrected chi connectivity index (χ2v) is 5.09. The summed E-state index contributed by atoms with van der Waals surface area (Å²) in [5.41, 5.74) is 8.29. The fourth-order valence-corrected chi connectivity index (χ4v) is 2.55. The number of carbonyl (C=O) groups excluding carboxylic acids is 1. The molecule has 0 bridgehead atoms. The van der Waals surface area contributed by atoms with Crippen LogP contribution in [0.1, 0.15) is 25.8 Å². The zero-order valence-electron chi connectivity index (χ0n) is 12.2. The van der Waals surface area contributed by atoms with Crippen molar-refractivity contribution in [3.05, 3.63) is 36.0 Å². The SMILES string of the molecule is CCCN(CC)C(=O)[C@@H](N)Cc1c[nH]c2ccccc12. The average Bonchev–Trinajstić information content (AvgIpc) is 2.87. The number of nitrogens with two attached hydrogens (primary N) is 1. The number of nitrogens with one attached hydrogen (secondary N) is 1. The van der Waals surface area contributed by atoms with Crippen molar-refractivity contribution in [3.63, 3.8) is 0 Å². The minimum Gasteiger partial charge on any atom is -0.361 e. The number of para-hydroxylation sites is 1. The lowest BCUT2D eigenvalue weighted by molar-refractivity contribution is -0.132. The van der Waals surface area contributed by atoms with Gasteiger partial charge in [0.1, 0.15) is 0 Å². The summed E-state index contributed by atoms with van der Waals surface area (Å²) in [6.07, 6.45) is 3.48. The van der Waals surface area contributed by atoms with Gasteiger partial charge >= 0.3 is 0 Å². The minimum absolute atomic E-state index is 0.0413. The molecule has 0 aliphatic rings. The van der Waals surface area contributed by atoms with E-state index in [0.717, 1.165) is 29.4 Å². The standard InChI is InChI=1S/C16H23N3O/c1-3-9-19(4-2)16(20)14(17)10-12-11-18-15-8-6-5-7-13(12)15/h5-8,11,14,18H,3-4,9-10,17H2,1-2H3/t14-/m0/s1. The van der Waals surface area contributed by atoms with Gasteiger partial charge in [-0.05, 0) is 31.4 Å². The maximum Gasteiger partial charge on any atom is 0.239 e. The zero-order chi connectivity index (χ0) is 14.5. The van der Waals surface area contributed by atoms with Crippen molar-refractivity contribution in [2.75, 3.05) is 13.1 Å². The summed E-state index contributed by atoms with van der Waals surface area (Å²) in [6, 6.07) is 7.61. The van der Waals surface area contributed by atoms with Crippen LogP contribution in [0.25, 0.3) is 10.9 Å². The zero-order valence-corrected chi connectivity index (χ0v) is 12.2. The van der Waals surface area contributed by atoms with E-state index in [0.29, 0.717) is 13.0 Å². The summed E-state index contributed by atoms with van der Waals surface area (Å²) < 4.78 is 0. The highest BCUT2D eigenvalue weighted by Crippen LogP contribution is 2.19. The molecule has 0 spiro atoms. The Morgan fingerprint density at radius 3 is 2.80 bits per heavy atom. The first kappa shape index (κ1) is 14.6. The van der Waals surface area contributed by atoms with Gasteiger partial charge in [-0.1, -0.05) is 25.1 Å². The van der Waals surface area contributed by atoms with Crippen molar-refractivity contribution < 1.29 is 4.79 Å². The van der Waals surface area contributed by atoms with E-state index >= 15 is 0 Å². The summed E-state index contributed by atoms with van der Waals surface area (Å²) in [5, 5.41) is 1.15. The Hall–Kier alpha value is -1.81. The molecule has 0 fully saturated rings. The van der Waals surface area contributed by atoms with Crippen LogP contribution in [-0.2, 0) is 11.2 Å². The number of hydrogen-bond donors (Lipinski definition) is 2. The number of nitrogens with zero attached hydrogens (tertiary/aromatic N) is 1. The van der Waals surface area contributed by atoms with Gasteiger partial charge in [-0.3, -0.25) is 4.79 Å². The molecule has 0 saturated carbocycles. The molecule has 3 N–H and O–H groups in total. The average molecular weight is 273 g/mol. The van der Waals surface area contributed by atoms with Crippen LogP contribution in [0.4, 0.5) is 0 Å². The van der Waals surface area contributed by atoms with Gasteiger partial charge in [-0.2, -0.15) is 0 Å². The van der Waals surface area contributed by atoms with E-state index < -0.39 is 6.04 Å². The van der Waals surface area contributed by atoms with E-state index in [1.54, 1.807) is 0 Å². The lowest BCUT2D eigenvalue weighted by atomic mass is 10.0. The van der Waals surface area contributed by atoms with Crippen LogP contribution in [0.15, 0.2) is 30.5 Å². The van der Waals surface area contributed by atoms with Crippen LogP contribution >= 0.6 is 0 Å². The number of aromatic amines is 1. The molecule has 1 heterocycles. The lowest BCUT2D eigenvalue weighted by Gasteiger charge is -2.23. The van der Waals surface area contributed by atoms with E-state index in [-0.39, 0.29) is 5.91 Å². The number of likely N-dealkylation sites (N-methyl/N-ethyl adjacent to an activating group) is 1. The van der Waals surface area contributed by atoms with Gasteiger partial charge in [0.25, 0.3) is 0 Å². The molecule has 4 nitrogen and oxygen atoms in total. The molecule has 1 amide bonds. The van der Waals surface area contributed by atoms with Gasteiger partial charge in [0.15, 0.2) is 0 Å². The molecule has 2 rings (SSSR count). The fourth-order valence-electron chi connectivity index (χ4n) is 2.55. The Morgan fingerprint density at radius 2 is 2.10 bits per heavy atom. The molecule has 108 valence electrons. The first-order valence-electron chi connectivity index (χ1n) is 7.26. The van der Waals surface area contributed by atoms with Crippen molar-refractivity contribution >= 4 is 16.8 Å². The van der Waals surface area contributed by atoms with Crippen LogP contribution < -0.4 is 5.73 Å². The first-order valence-corrected chi connectivity index (χ1v) is 7.26.